The number of hydrogen-bond donors (Lipinski definition) is 0. The van der Waals surface area contributed by atoms with Crippen molar-refractivity contribution in [1.82, 2.24) is 4.57 Å². The van der Waals surface area contributed by atoms with Crippen molar-refractivity contribution in [3.8, 4) is 22.3 Å². The maximum Gasteiger partial charge on any atom is 0.0543 e. The topological polar surface area (TPSA) is 8.17 Å². The van der Waals surface area contributed by atoms with Gasteiger partial charge in [-0.05, 0) is 148 Å². The summed E-state index contributed by atoms with van der Waals surface area (Å²) in [6, 6.07) is 71.5. The maximum atomic E-state index is 2.59. The molecule has 11 rings (SSSR count). The third kappa shape index (κ3) is 6.61. The Morgan fingerprint density at radius 2 is 1.08 bits per heavy atom. The smallest absolute Gasteiger partial charge is 0.0543 e. The van der Waals surface area contributed by atoms with Crippen molar-refractivity contribution in [1.29, 1.82) is 0 Å². The van der Waals surface area contributed by atoms with Gasteiger partial charge in [0.05, 0.1) is 5.69 Å². The zero-order valence-corrected chi connectivity index (χ0v) is 38.5. The summed E-state index contributed by atoms with van der Waals surface area (Å²) in [6.07, 6.45) is 3.02. The molecule has 1 aliphatic rings. The molecule has 0 saturated carbocycles. The summed E-state index contributed by atoms with van der Waals surface area (Å²) in [4.78, 5) is 2.55. The van der Waals surface area contributed by atoms with Gasteiger partial charge in [-0.2, -0.15) is 0 Å². The van der Waals surface area contributed by atoms with Crippen LogP contribution in [0.1, 0.15) is 84.0 Å². The van der Waals surface area contributed by atoms with Gasteiger partial charge in [0.25, 0.3) is 0 Å². The summed E-state index contributed by atoms with van der Waals surface area (Å²) in [7, 11) is 2.18. The Hall–Kier alpha value is -7.16. The molecule has 1 atom stereocenters. The van der Waals surface area contributed by atoms with E-state index in [9.17, 15) is 0 Å². The van der Waals surface area contributed by atoms with Crippen LogP contribution in [-0.2, 0) is 18.9 Å². The van der Waals surface area contributed by atoms with E-state index >= 15 is 0 Å². The molecule has 0 fully saturated rings. The zero-order chi connectivity index (χ0) is 44.4. The van der Waals surface area contributed by atoms with Gasteiger partial charge >= 0.3 is 0 Å². The van der Waals surface area contributed by atoms with Gasteiger partial charge in [-0.15, -0.1) is 0 Å². The lowest BCUT2D eigenvalue weighted by atomic mass is 9.72. The first-order valence-corrected chi connectivity index (χ1v) is 23.6. The summed E-state index contributed by atoms with van der Waals surface area (Å²) >= 11 is 0. The average Bonchev–Trinajstić information content (AvgIpc) is 3.79. The average molecular weight is 841 g/mol. The molecular formula is C63H56N2. The third-order valence-electron chi connectivity index (χ3n) is 14.8. The molecule has 1 aromatic heterocycles. The van der Waals surface area contributed by atoms with E-state index in [1.165, 1.54) is 111 Å². The van der Waals surface area contributed by atoms with E-state index in [4.69, 9.17) is 0 Å². The van der Waals surface area contributed by atoms with E-state index in [-0.39, 0.29) is 11.3 Å². The largest absolute Gasteiger partial charge is 0.344 e. The number of rotatable bonds is 10. The van der Waals surface area contributed by atoms with E-state index in [1.54, 1.807) is 0 Å². The van der Waals surface area contributed by atoms with Gasteiger partial charge in [0.15, 0.2) is 0 Å². The lowest BCUT2D eigenvalue weighted by Crippen LogP contribution is -2.24. The molecule has 0 aliphatic heterocycles. The van der Waals surface area contributed by atoms with Crippen molar-refractivity contribution in [3.05, 3.63) is 233 Å². The van der Waals surface area contributed by atoms with Crippen molar-refractivity contribution in [2.45, 2.75) is 65.2 Å². The molecule has 1 unspecified atom stereocenters. The van der Waals surface area contributed by atoms with Crippen LogP contribution in [0, 0.1) is 13.8 Å². The number of para-hydroxylation sites is 1. The molecule has 65 heavy (non-hydrogen) atoms. The van der Waals surface area contributed by atoms with Crippen LogP contribution in [0.5, 0.6) is 0 Å². The fourth-order valence-electron chi connectivity index (χ4n) is 11.5. The molecule has 2 nitrogen and oxygen atoms in total. The Kier molecular flexibility index (Phi) is 10.1. The fourth-order valence-corrected chi connectivity index (χ4v) is 11.5. The molecule has 0 amide bonds. The van der Waals surface area contributed by atoms with Crippen LogP contribution in [0.15, 0.2) is 188 Å². The highest BCUT2D eigenvalue weighted by molar-refractivity contribution is 6.12. The number of anilines is 3. The minimum atomic E-state index is -0.180. The molecule has 2 heteroatoms. The van der Waals surface area contributed by atoms with E-state index in [1.807, 2.05) is 0 Å². The number of aromatic nitrogens is 1. The van der Waals surface area contributed by atoms with E-state index in [2.05, 4.69) is 239 Å². The highest BCUT2D eigenvalue weighted by atomic mass is 15.1. The Morgan fingerprint density at radius 3 is 1.77 bits per heavy atom. The summed E-state index contributed by atoms with van der Waals surface area (Å²) in [5.74, 6) is 0.0856. The molecule has 0 spiro atoms. The molecule has 318 valence electrons. The molecule has 1 aliphatic carbocycles. The minimum absolute atomic E-state index is 0.0856. The summed E-state index contributed by atoms with van der Waals surface area (Å²) in [5, 5.41) is 5.11. The first-order chi connectivity index (χ1) is 31.8. The highest BCUT2D eigenvalue weighted by Crippen LogP contribution is 2.58. The molecule has 1 heterocycles. The molecule has 0 bridgehead atoms. The summed E-state index contributed by atoms with van der Waals surface area (Å²) < 4.78 is 2.33. The van der Waals surface area contributed by atoms with Crippen molar-refractivity contribution in [2.24, 2.45) is 7.05 Å². The number of hydrogen-bond acceptors (Lipinski definition) is 1. The van der Waals surface area contributed by atoms with Crippen LogP contribution in [0.4, 0.5) is 17.1 Å². The predicted octanol–water partition coefficient (Wildman–Crippen LogP) is 17.1. The Morgan fingerprint density at radius 1 is 0.477 bits per heavy atom. The van der Waals surface area contributed by atoms with Gasteiger partial charge in [0.1, 0.15) is 0 Å². The predicted molar refractivity (Wildman–Crippen MR) is 278 cm³/mol. The SMILES string of the molecule is CCc1ccc(C(c2ccc(-c3ccccc3)cc2)c2ccc3c(c2)C(CC)(CC)c2cc(N(c4cc(C)cc(C)c4)c4ccc5c(c4)c4ccccc4n5C)c4ccccc4c2-3)cc1. The second kappa shape index (κ2) is 16.1. The number of benzene rings is 9. The van der Waals surface area contributed by atoms with Crippen LogP contribution in [-0.4, -0.2) is 4.57 Å². The molecule has 0 N–H and O–H groups in total. The van der Waals surface area contributed by atoms with E-state index < -0.39 is 0 Å². The molecule has 10 aromatic rings. The Bertz CT molecular complexity index is 3380. The first kappa shape index (κ1) is 40.6. The quantitative estimate of drug-likeness (QED) is 0.125. The van der Waals surface area contributed by atoms with Gasteiger partial charge in [-0.3, -0.25) is 0 Å². The van der Waals surface area contributed by atoms with Crippen LogP contribution in [0.25, 0.3) is 54.8 Å². The minimum Gasteiger partial charge on any atom is -0.344 e. The zero-order valence-electron chi connectivity index (χ0n) is 38.5. The number of fused-ring (bicyclic) bond motifs is 8. The van der Waals surface area contributed by atoms with Crippen molar-refractivity contribution in [2.75, 3.05) is 4.90 Å². The number of nitrogens with zero attached hydrogens (tertiary/aromatic N) is 2. The molecule has 9 aromatic carbocycles. The molecule has 0 radical (unpaired) electrons. The Balaban J connectivity index is 1.12. The standard InChI is InChI=1S/C63H56N2/c1-7-43-23-25-46(26-24-43)61(47-29-27-45(28-30-47)44-17-11-10-12-18-44)48-31-33-54-56(38-48)63(8-2,9-3)57-40-60(51-19-13-14-21-53(51)62(54)57)65(50-36-41(4)35-42(5)37-50)49-32-34-59-55(39-49)52-20-15-16-22-58(52)64(59)6/h10-40,61H,7-9H2,1-6H3. The summed E-state index contributed by atoms with van der Waals surface area (Å²) in [5.41, 5.74) is 21.8. The van der Waals surface area contributed by atoms with Crippen molar-refractivity contribution >= 4 is 49.6 Å². The lowest BCUT2D eigenvalue weighted by Gasteiger charge is -2.33. The Labute approximate surface area is 384 Å². The summed E-state index contributed by atoms with van der Waals surface area (Å²) in [6.45, 7) is 11.5. The van der Waals surface area contributed by atoms with Crippen LogP contribution < -0.4 is 4.90 Å². The monoisotopic (exact) mass is 840 g/mol. The van der Waals surface area contributed by atoms with Gasteiger partial charge in [-0.1, -0.05) is 166 Å². The normalized spacial score (nSPS) is 13.3. The van der Waals surface area contributed by atoms with E-state index in [0.717, 1.165) is 24.9 Å². The second-order valence-electron chi connectivity index (χ2n) is 18.4. The third-order valence-corrected chi connectivity index (χ3v) is 14.8. The van der Waals surface area contributed by atoms with Gasteiger partial charge in [0.2, 0.25) is 0 Å². The second-order valence-corrected chi connectivity index (χ2v) is 18.4. The highest BCUT2D eigenvalue weighted by Gasteiger charge is 2.43. The maximum absolute atomic E-state index is 2.59. The number of aryl methyl sites for hydroxylation is 4. The lowest BCUT2D eigenvalue weighted by molar-refractivity contribution is 0.490. The van der Waals surface area contributed by atoms with Crippen molar-refractivity contribution < 1.29 is 0 Å². The van der Waals surface area contributed by atoms with Gasteiger partial charge in [-0.25, -0.2) is 0 Å². The molecule has 0 saturated heterocycles. The van der Waals surface area contributed by atoms with E-state index in [0.29, 0.717) is 0 Å². The molecular weight excluding hydrogens is 785 g/mol. The van der Waals surface area contributed by atoms with Crippen LogP contribution in [0.3, 0.4) is 0 Å². The van der Waals surface area contributed by atoms with Crippen LogP contribution >= 0.6 is 0 Å². The van der Waals surface area contributed by atoms with Crippen LogP contribution in [0.2, 0.25) is 0 Å². The van der Waals surface area contributed by atoms with Crippen molar-refractivity contribution in [3.63, 3.8) is 0 Å². The van der Waals surface area contributed by atoms with Gasteiger partial charge < -0.3 is 9.47 Å². The first-order valence-electron chi connectivity index (χ1n) is 23.6. The fraction of sp³-hybridized carbons (Fsp3) is 0.175. The van der Waals surface area contributed by atoms with Gasteiger partial charge in [0, 0.05) is 56.9 Å².